The van der Waals surface area contributed by atoms with Crippen LogP contribution in [0.3, 0.4) is 0 Å². The lowest BCUT2D eigenvalue weighted by Gasteiger charge is -2.18. The van der Waals surface area contributed by atoms with Crippen LogP contribution in [-0.4, -0.2) is 39.7 Å². The lowest BCUT2D eigenvalue weighted by atomic mass is 10.1. The summed E-state index contributed by atoms with van der Waals surface area (Å²) < 4.78 is 50.4. The van der Waals surface area contributed by atoms with E-state index in [2.05, 4.69) is 4.72 Å². The molecule has 9 heteroatoms. The zero-order chi connectivity index (χ0) is 17.8. The summed E-state index contributed by atoms with van der Waals surface area (Å²) in [5, 5.41) is 9.06. The molecule has 0 saturated carbocycles. The third kappa shape index (κ3) is 5.02. The van der Waals surface area contributed by atoms with Gasteiger partial charge in [0, 0.05) is 0 Å². The minimum atomic E-state index is -4.05. The van der Waals surface area contributed by atoms with Crippen LogP contribution in [0.25, 0.3) is 0 Å². The van der Waals surface area contributed by atoms with Crippen LogP contribution in [0.1, 0.15) is 27.2 Å². The highest BCUT2D eigenvalue weighted by molar-refractivity contribution is 7.91. The predicted octanol–water partition coefficient (Wildman–Crippen LogP) is 1.26. The Balaban J connectivity index is 3.09. The monoisotopic (exact) mass is 363 g/mol. The maximum absolute atomic E-state index is 12.2. The van der Waals surface area contributed by atoms with Gasteiger partial charge >= 0.3 is 5.97 Å². The van der Waals surface area contributed by atoms with Gasteiger partial charge in [0.15, 0.2) is 9.84 Å². The molecule has 0 saturated heterocycles. The number of benzene rings is 1. The van der Waals surface area contributed by atoms with E-state index in [0.29, 0.717) is 6.42 Å². The number of carboxylic acid groups (broad SMARTS) is 1. The molecule has 0 aliphatic rings. The molecule has 1 atom stereocenters. The predicted molar refractivity (Wildman–Crippen MR) is 85.4 cm³/mol. The van der Waals surface area contributed by atoms with E-state index in [1.165, 1.54) is 12.1 Å². The standard InChI is InChI=1S/C14H21NO6S2/c1-4-9-22(18,19)11-5-7-12(8-6-11)23(20,21)15-13(10(2)3)14(16)17/h5-8,10,13,15H,4,9H2,1-3H3,(H,16,17)/t13-/m1/s1. The molecule has 0 unspecified atom stereocenters. The summed E-state index contributed by atoms with van der Waals surface area (Å²) in [5.41, 5.74) is 0. The van der Waals surface area contributed by atoms with Gasteiger partial charge in [-0.25, -0.2) is 16.8 Å². The van der Waals surface area contributed by atoms with Crippen LogP contribution in [0, 0.1) is 5.92 Å². The number of sulfonamides is 1. The minimum absolute atomic E-state index is 0.0220. The molecule has 1 aromatic rings. The molecular formula is C14H21NO6S2. The maximum Gasteiger partial charge on any atom is 0.322 e. The van der Waals surface area contributed by atoms with E-state index in [-0.39, 0.29) is 15.5 Å². The van der Waals surface area contributed by atoms with Gasteiger partial charge in [-0.3, -0.25) is 4.79 Å². The van der Waals surface area contributed by atoms with E-state index in [4.69, 9.17) is 5.11 Å². The summed E-state index contributed by atoms with van der Waals surface area (Å²) in [6.07, 6.45) is 0.457. The van der Waals surface area contributed by atoms with Crippen LogP contribution in [0.5, 0.6) is 0 Å². The molecule has 23 heavy (non-hydrogen) atoms. The summed E-state index contributed by atoms with van der Waals surface area (Å²) in [6.45, 7) is 4.90. The molecule has 130 valence electrons. The van der Waals surface area contributed by atoms with Crippen molar-refractivity contribution in [1.29, 1.82) is 0 Å². The topological polar surface area (TPSA) is 118 Å². The van der Waals surface area contributed by atoms with Crippen LogP contribution in [0.2, 0.25) is 0 Å². The number of rotatable bonds is 8. The van der Waals surface area contributed by atoms with E-state index < -0.39 is 37.8 Å². The third-order valence-electron chi connectivity index (χ3n) is 3.18. The van der Waals surface area contributed by atoms with E-state index in [1.807, 2.05) is 0 Å². The Morgan fingerprint density at radius 1 is 1.09 bits per heavy atom. The van der Waals surface area contributed by atoms with Gasteiger partial charge in [0.2, 0.25) is 10.0 Å². The number of hydrogen-bond donors (Lipinski definition) is 2. The molecule has 0 aliphatic heterocycles. The fourth-order valence-corrected chi connectivity index (χ4v) is 4.58. The average molecular weight is 363 g/mol. The highest BCUT2D eigenvalue weighted by atomic mass is 32.2. The molecule has 1 rings (SSSR count). The fourth-order valence-electron chi connectivity index (χ4n) is 1.92. The number of nitrogens with one attached hydrogen (secondary N) is 1. The van der Waals surface area contributed by atoms with Gasteiger partial charge in [-0.15, -0.1) is 0 Å². The first-order chi connectivity index (χ1) is 10.5. The normalized spacial score (nSPS) is 13.9. The molecule has 0 heterocycles. The van der Waals surface area contributed by atoms with Gasteiger partial charge in [0.05, 0.1) is 15.5 Å². The summed E-state index contributed by atoms with van der Waals surface area (Å²) in [6, 6.07) is 3.48. The van der Waals surface area contributed by atoms with Crippen molar-refractivity contribution in [3.8, 4) is 0 Å². The van der Waals surface area contributed by atoms with E-state index in [0.717, 1.165) is 12.1 Å². The Labute approximate surface area is 136 Å². The van der Waals surface area contributed by atoms with Gasteiger partial charge in [0.25, 0.3) is 0 Å². The number of carbonyl (C=O) groups is 1. The molecule has 0 fully saturated rings. The SMILES string of the molecule is CCCS(=O)(=O)c1ccc(S(=O)(=O)N[C@@H](C(=O)O)C(C)C)cc1. The van der Waals surface area contributed by atoms with E-state index >= 15 is 0 Å². The number of sulfone groups is 1. The first-order valence-electron chi connectivity index (χ1n) is 7.09. The van der Waals surface area contributed by atoms with Gasteiger partial charge in [-0.05, 0) is 36.6 Å². The molecule has 0 aliphatic carbocycles. The molecule has 1 aromatic carbocycles. The second-order valence-electron chi connectivity index (χ2n) is 5.47. The molecule has 0 spiro atoms. The number of aliphatic carboxylic acids is 1. The number of hydrogen-bond acceptors (Lipinski definition) is 5. The lowest BCUT2D eigenvalue weighted by Crippen LogP contribution is -2.44. The van der Waals surface area contributed by atoms with Crippen molar-refractivity contribution in [2.75, 3.05) is 5.75 Å². The van der Waals surface area contributed by atoms with Crippen LogP contribution >= 0.6 is 0 Å². The van der Waals surface area contributed by atoms with Crippen LogP contribution in [0.15, 0.2) is 34.1 Å². The average Bonchev–Trinajstić information content (AvgIpc) is 2.44. The third-order valence-corrected chi connectivity index (χ3v) is 6.57. The van der Waals surface area contributed by atoms with E-state index in [1.54, 1.807) is 20.8 Å². The number of carboxylic acids is 1. The fraction of sp³-hybridized carbons (Fsp3) is 0.500. The van der Waals surface area contributed by atoms with Crippen molar-refractivity contribution in [2.45, 2.75) is 43.0 Å². The molecule has 0 amide bonds. The first-order valence-corrected chi connectivity index (χ1v) is 10.2. The van der Waals surface area contributed by atoms with Gasteiger partial charge in [-0.2, -0.15) is 4.72 Å². The summed E-state index contributed by atoms with van der Waals surface area (Å²) in [7, 11) is -7.48. The zero-order valence-corrected chi connectivity index (χ0v) is 14.8. The van der Waals surface area contributed by atoms with Crippen molar-refractivity contribution in [3.05, 3.63) is 24.3 Å². The molecule has 2 N–H and O–H groups in total. The maximum atomic E-state index is 12.2. The smallest absolute Gasteiger partial charge is 0.322 e. The molecule has 0 bridgehead atoms. The van der Waals surface area contributed by atoms with Gasteiger partial charge in [0.1, 0.15) is 6.04 Å². The first kappa shape index (κ1) is 19.6. The Bertz CT molecular complexity index is 751. The highest BCUT2D eigenvalue weighted by Gasteiger charge is 2.28. The van der Waals surface area contributed by atoms with Crippen LogP contribution < -0.4 is 4.72 Å². The van der Waals surface area contributed by atoms with Crippen molar-refractivity contribution in [2.24, 2.45) is 5.92 Å². The Hall–Kier alpha value is -1.45. The Morgan fingerprint density at radius 2 is 1.57 bits per heavy atom. The second-order valence-corrected chi connectivity index (χ2v) is 9.29. The van der Waals surface area contributed by atoms with Gasteiger partial charge < -0.3 is 5.11 Å². The Morgan fingerprint density at radius 3 is 1.96 bits per heavy atom. The molecule has 0 radical (unpaired) electrons. The zero-order valence-electron chi connectivity index (χ0n) is 13.2. The van der Waals surface area contributed by atoms with Crippen molar-refractivity contribution < 1.29 is 26.7 Å². The summed E-state index contributed by atoms with van der Waals surface area (Å²) >= 11 is 0. The highest BCUT2D eigenvalue weighted by Crippen LogP contribution is 2.17. The van der Waals surface area contributed by atoms with Gasteiger partial charge in [-0.1, -0.05) is 20.8 Å². The second kappa shape index (κ2) is 7.41. The van der Waals surface area contributed by atoms with Crippen LogP contribution in [-0.2, 0) is 24.7 Å². The summed E-state index contributed by atoms with van der Waals surface area (Å²) in [5.74, 6) is -1.73. The minimum Gasteiger partial charge on any atom is -0.480 e. The lowest BCUT2D eigenvalue weighted by molar-refractivity contribution is -0.140. The Kier molecular flexibility index (Phi) is 6.32. The molecule has 0 aromatic heterocycles. The quantitative estimate of drug-likeness (QED) is 0.718. The van der Waals surface area contributed by atoms with Crippen molar-refractivity contribution in [3.63, 3.8) is 0 Å². The van der Waals surface area contributed by atoms with Crippen molar-refractivity contribution in [1.82, 2.24) is 4.72 Å². The molecule has 7 nitrogen and oxygen atoms in total. The largest absolute Gasteiger partial charge is 0.480 e. The van der Waals surface area contributed by atoms with Crippen molar-refractivity contribution >= 4 is 25.8 Å². The van der Waals surface area contributed by atoms with E-state index in [9.17, 15) is 21.6 Å². The summed E-state index contributed by atoms with van der Waals surface area (Å²) in [4.78, 5) is 11.0. The van der Waals surface area contributed by atoms with Crippen LogP contribution in [0.4, 0.5) is 0 Å². The molecular weight excluding hydrogens is 342 g/mol.